The number of fused-ring (bicyclic) bond motifs is 1. The average molecular weight is 572 g/mol. The molecule has 0 atom stereocenters. The van der Waals surface area contributed by atoms with Crippen LogP contribution in [0, 0.1) is 24.1 Å². The molecule has 11 heteroatoms. The number of benzene rings is 1. The number of halogens is 2. The number of hydrogen-bond acceptors (Lipinski definition) is 7. The second-order valence-electron chi connectivity index (χ2n) is 11.5. The standard InChI is InChI=1S/C31H31F2N7O2/c1-19-24(29(35)41)9-22(32)10-26(19)30(2)5-7-39(8-6-30)27-4-3-20(13-37-27)25-11-23(42-18-31(33)16-36-17-31)15-40-28(25)21(12-34)14-38-40/h3-4,9-11,13-15,36H,5-8,16-18H2,1-2H3,(H2,35,41). The van der Waals surface area contributed by atoms with E-state index in [0.717, 1.165) is 35.3 Å². The van der Waals surface area contributed by atoms with E-state index in [1.54, 1.807) is 23.0 Å². The van der Waals surface area contributed by atoms with E-state index in [1.807, 2.05) is 19.1 Å². The van der Waals surface area contributed by atoms with Gasteiger partial charge in [0.15, 0.2) is 5.67 Å². The zero-order valence-electron chi connectivity index (χ0n) is 23.5. The van der Waals surface area contributed by atoms with Crippen LogP contribution in [0.25, 0.3) is 16.6 Å². The van der Waals surface area contributed by atoms with Crippen molar-refractivity contribution in [1.82, 2.24) is 19.9 Å². The first-order valence-corrected chi connectivity index (χ1v) is 13.8. The van der Waals surface area contributed by atoms with Gasteiger partial charge in [-0.1, -0.05) is 6.92 Å². The maximum absolute atomic E-state index is 14.5. The molecule has 0 aliphatic carbocycles. The molecule has 0 saturated carbocycles. The minimum absolute atomic E-state index is 0.0820. The Kier molecular flexibility index (Phi) is 6.81. The lowest BCUT2D eigenvalue weighted by Gasteiger charge is -2.41. The van der Waals surface area contributed by atoms with Crippen LogP contribution >= 0.6 is 0 Å². The highest BCUT2D eigenvalue weighted by molar-refractivity contribution is 5.94. The van der Waals surface area contributed by atoms with Gasteiger partial charge in [0.2, 0.25) is 5.91 Å². The Morgan fingerprint density at radius 2 is 1.98 bits per heavy atom. The van der Waals surface area contributed by atoms with Crippen LogP contribution in [-0.2, 0) is 5.41 Å². The highest BCUT2D eigenvalue weighted by Gasteiger charge is 2.38. The van der Waals surface area contributed by atoms with Crippen LogP contribution in [0.4, 0.5) is 14.6 Å². The fourth-order valence-corrected chi connectivity index (χ4v) is 5.98. The lowest BCUT2D eigenvalue weighted by Crippen LogP contribution is -2.59. The topological polar surface area (TPSA) is 122 Å². The number of amides is 1. The molecule has 2 fully saturated rings. The molecule has 9 nitrogen and oxygen atoms in total. The van der Waals surface area contributed by atoms with Crippen molar-refractivity contribution in [3.63, 3.8) is 0 Å². The van der Waals surface area contributed by atoms with Crippen LogP contribution in [0.3, 0.4) is 0 Å². The molecule has 1 aromatic carbocycles. The summed E-state index contributed by atoms with van der Waals surface area (Å²) in [6.07, 6.45) is 6.37. The number of rotatable bonds is 7. The fourth-order valence-electron chi connectivity index (χ4n) is 5.98. The SMILES string of the molecule is Cc1c(C(N)=O)cc(F)cc1C1(C)CCN(c2ccc(-c3cc(OCC4(F)CNC4)cn4ncc(C#N)c34)cn2)CC1. The van der Waals surface area contributed by atoms with Crippen molar-refractivity contribution < 1.29 is 18.3 Å². The molecule has 0 bridgehead atoms. The normalized spacial score (nSPS) is 17.5. The number of nitrogens with two attached hydrogens (primary N) is 1. The highest BCUT2D eigenvalue weighted by Crippen LogP contribution is 2.39. The van der Waals surface area contributed by atoms with Crippen LogP contribution in [0.2, 0.25) is 0 Å². The monoisotopic (exact) mass is 571 g/mol. The Morgan fingerprint density at radius 1 is 1.21 bits per heavy atom. The Morgan fingerprint density at radius 3 is 2.60 bits per heavy atom. The van der Waals surface area contributed by atoms with Gasteiger partial charge in [-0.2, -0.15) is 10.4 Å². The van der Waals surface area contributed by atoms with E-state index < -0.39 is 17.4 Å². The summed E-state index contributed by atoms with van der Waals surface area (Å²) in [7, 11) is 0. The first-order valence-electron chi connectivity index (χ1n) is 13.8. The summed E-state index contributed by atoms with van der Waals surface area (Å²) in [5.74, 6) is 0.146. The number of nitrogens with one attached hydrogen (secondary N) is 1. The lowest BCUT2D eigenvalue weighted by atomic mass is 9.72. The molecular formula is C31H31F2N7O2. The summed E-state index contributed by atoms with van der Waals surface area (Å²) in [5, 5.41) is 16.9. The Bertz CT molecular complexity index is 1720. The number of piperidine rings is 1. The second kappa shape index (κ2) is 10.4. The summed E-state index contributed by atoms with van der Waals surface area (Å²) in [6, 6.07) is 10.6. The molecule has 0 spiro atoms. The van der Waals surface area contributed by atoms with Crippen molar-refractivity contribution in [2.45, 2.75) is 37.8 Å². The number of carbonyl (C=O) groups excluding carboxylic acids is 1. The summed E-state index contributed by atoms with van der Waals surface area (Å²) < 4.78 is 36.3. The van der Waals surface area contributed by atoms with Gasteiger partial charge < -0.3 is 20.7 Å². The third-order valence-electron chi connectivity index (χ3n) is 8.63. The van der Waals surface area contributed by atoms with Crippen molar-refractivity contribution in [3.8, 4) is 22.9 Å². The predicted molar refractivity (Wildman–Crippen MR) is 154 cm³/mol. The third-order valence-corrected chi connectivity index (χ3v) is 8.63. The van der Waals surface area contributed by atoms with Gasteiger partial charge in [-0.25, -0.2) is 18.3 Å². The van der Waals surface area contributed by atoms with E-state index in [4.69, 9.17) is 15.5 Å². The first-order chi connectivity index (χ1) is 20.1. The third kappa shape index (κ3) is 4.92. The average Bonchev–Trinajstić information content (AvgIpc) is 3.39. The minimum Gasteiger partial charge on any atom is -0.489 e. The molecule has 2 aliphatic heterocycles. The minimum atomic E-state index is -1.40. The number of primary amides is 1. The number of carbonyl (C=O) groups is 1. The van der Waals surface area contributed by atoms with E-state index in [0.29, 0.717) is 35.5 Å². The molecule has 2 aliphatic rings. The Balaban J connectivity index is 1.23. The number of aromatic nitrogens is 3. The molecule has 3 aromatic heterocycles. The predicted octanol–water partition coefficient (Wildman–Crippen LogP) is 4.06. The highest BCUT2D eigenvalue weighted by atomic mass is 19.1. The summed E-state index contributed by atoms with van der Waals surface area (Å²) in [4.78, 5) is 18.8. The van der Waals surface area contributed by atoms with Crippen molar-refractivity contribution in [2.24, 2.45) is 5.73 Å². The van der Waals surface area contributed by atoms with E-state index in [-0.39, 0.29) is 30.7 Å². The van der Waals surface area contributed by atoms with E-state index in [9.17, 15) is 18.8 Å². The fraction of sp³-hybridized carbons (Fsp3) is 0.355. The maximum Gasteiger partial charge on any atom is 0.249 e. The Hall–Kier alpha value is -4.56. The van der Waals surface area contributed by atoms with Gasteiger partial charge in [-0.3, -0.25) is 4.79 Å². The summed E-state index contributed by atoms with van der Waals surface area (Å²) in [5.41, 5.74) is 8.04. The lowest BCUT2D eigenvalue weighted by molar-refractivity contribution is 0.0345. The van der Waals surface area contributed by atoms with Gasteiger partial charge in [-0.15, -0.1) is 0 Å². The first kappa shape index (κ1) is 27.6. The number of anilines is 1. The van der Waals surface area contributed by atoms with Gasteiger partial charge in [0.25, 0.3) is 0 Å². The maximum atomic E-state index is 14.5. The van der Waals surface area contributed by atoms with Crippen molar-refractivity contribution in [1.29, 1.82) is 5.26 Å². The van der Waals surface area contributed by atoms with Crippen LogP contribution in [-0.4, -0.2) is 59.0 Å². The van der Waals surface area contributed by atoms with Crippen molar-refractivity contribution in [2.75, 3.05) is 37.7 Å². The summed E-state index contributed by atoms with van der Waals surface area (Å²) >= 11 is 0. The number of pyridine rings is 2. The van der Waals surface area contributed by atoms with Crippen LogP contribution in [0.15, 0.2) is 48.9 Å². The molecule has 216 valence electrons. The molecular weight excluding hydrogens is 540 g/mol. The Labute approximate surface area is 241 Å². The van der Waals surface area contributed by atoms with Gasteiger partial charge in [-0.05, 0) is 66.6 Å². The van der Waals surface area contributed by atoms with Crippen LogP contribution in [0.1, 0.15) is 46.8 Å². The van der Waals surface area contributed by atoms with Crippen molar-refractivity contribution in [3.05, 3.63) is 77.0 Å². The largest absolute Gasteiger partial charge is 0.489 e. The van der Waals surface area contributed by atoms with Gasteiger partial charge in [0.05, 0.1) is 23.5 Å². The number of hydrogen-bond donors (Lipinski definition) is 2. The molecule has 3 N–H and O–H groups in total. The van der Waals surface area contributed by atoms with E-state index >= 15 is 0 Å². The number of nitriles is 1. The zero-order chi connectivity index (χ0) is 29.6. The number of alkyl halides is 1. The smallest absolute Gasteiger partial charge is 0.249 e. The second-order valence-corrected chi connectivity index (χ2v) is 11.5. The van der Waals surface area contributed by atoms with E-state index in [2.05, 4.69) is 28.3 Å². The van der Waals surface area contributed by atoms with Gasteiger partial charge >= 0.3 is 0 Å². The zero-order valence-corrected chi connectivity index (χ0v) is 23.5. The molecule has 2 saturated heterocycles. The molecule has 0 unspecified atom stereocenters. The molecule has 5 heterocycles. The molecule has 1 amide bonds. The number of nitrogens with zero attached hydrogens (tertiary/aromatic N) is 5. The van der Waals surface area contributed by atoms with Gasteiger partial charge in [0, 0.05) is 49.1 Å². The molecule has 6 rings (SSSR count). The molecule has 4 aromatic rings. The van der Waals surface area contributed by atoms with Crippen LogP contribution < -0.4 is 20.7 Å². The number of ether oxygens (including phenoxy) is 1. The van der Waals surface area contributed by atoms with Gasteiger partial charge in [0.1, 0.15) is 30.1 Å². The summed E-state index contributed by atoms with van der Waals surface area (Å²) in [6.45, 7) is 5.72. The van der Waals surface area contributed by atoms with E-state index in [1.165, 1.54) is 18.3 Å². The van der Waals surface area contributed by atoms with Crippen molar-refractivity contribution >= 4 is 17.2 Å². The quantitative estimate of drug-likeness (QED) is 0.343. The molecule has 42 heavy (non-hydrogen) atoms. The van der Waals surface area contributed by atoms with Crippen LogP contribution in [0.5, 0.6) is 5.75 Å². The molecule has 0 radical (unpaired) electrons.